The number of carbonyl (C=O) groups excluding carboxylic acids is 1. The maximum absolute atomic E-state index is 10.7. The average Bonchev–Trinajstić information content (AvgIpc) is 2.31. The molecule has 1 amide bonds. The first-order valence-electron chi connectivity index (χ1n) is 3.20. The maximum atomic E-state index is 10.7. The van der Waals surface area contributed by atoms with Gasteiger partial charge in [0.1, 0.15) is 5.75 Å². The minimum atomic E-state index is -0.304. The molecule has 1 aromatic carbocycles. The van der Waals surface area contributed by atoms with E-state index in [1.165, 1.54) is 12.1 Å². The Labute approximate surface area is 62.3 Å². The Bertz CT molecular complexity index is 434. The predicted octanol–water partition coefficient (Wildman–Crippen LogP) is -0.668. The normalized spacial score (nSPS) is 13.6. The monoisotopic (exact) mass is 147 g/mol. The molecule has 0 spiro atoms. The number of benzene rings is 1. The molecule has 0 aliphatic carbocycles. The van der Waals surface area contributed by atoms with Crippen LogP contribution in [0.3, 0.4) is 0 Å². The largest absolute Gasteiger partial charge is 0.507 e. The third-order valence-electron chi connectivity index (χ3n) is 1.56. The second kappa shape index (κ2) is 1.92. The van der Waals surface area contributed by atoms with Gasteiger partial charge in [0.05, 0.1) is 5.36 Å². The lowest BCUT2D eigenvalue weighted by Crippen LogP contribution is -2.20. The molecule has 3 heteroatoms. The summed E-state index contributed by atoms with van der Waals surface area (Å²) in [5, 5.41) is 10.3. The van der Waals surface area contributed by atoms with Crippen molar-refractivity contribution in [1.82, 2.24) is 0 Å². The van der Waals surface area contributed by atoms with E-state index in [0.29, 0.717) is 10.6 Å². The lowest BCUT2D eigenvalue weighted by atomic mass is 10.2. The Morgan fingerprint density at radius 2 is 2.18 bits per heavy atom. The van der Waals surface area contributed by atoms with Gasteiger partial charge in [-0.05, 0) is 12.1 Å². The van der Waals surface area contributed by atoms with Crippen LogP contribution in [0.15, 0.2) is 23.2 Å². The van der Waals surface area contributed by atoms with E-state index < -0.39 is 0 Å². The third-order valence-corrected chi connectivity index (χ3v) is 1.56. The third kappa shape index (κ3) is 0.816. The van der Waals surface area contributed by atoms with Crippen molar-refractivity contribution < 1.29 is 9.90 Å². The number of phenolic OH excluding ortho intramolecular Hbond substituents is 1. The van der Waals surface area contributed by atoms with Crippen molar-refractivity contribution in [3.63, 3.8) is 0 Å². The maximum Gasteiger partial charge on any atom is 0.271 e. The van der Waals surface area contributed by atoms with Gasteiger partial charge in [-0.25, -0.2) is 4.99 Å². The molecule has 11 heavy (non-hydrogen) atoms. The summed E-state index contributed by atoms with van der Waals surface area (Å²) < 4.78 is 0. The van der Waals surface area contributed by atoms with Crippen LogP contribution in [-0.4, -0.2) is 11.0 Å². The van der Waals surface area contributed by atoms with Crippen LogP contribution in [-0.2, 0) is 4.79 Å². The molecule has 0 radical (unpaired) electrons. The average molecular weight is 147 g/mol. The SMILES string of the molecule is O=C1C=c2c(O)cccc2=N1. The van der Waals surface area contributed by atoms with Gasteiger partial charge >= 0.3 is 0 Å². The Balaban J connectivity index is 2.97. The van der Waals surface area contributed by atoms with E-state index in [0.717, 1.165) is 0 Å². The van der Waals surface area contributed by atoms with Gasteiger partial charge in [-0.1, -0.05) is 6.07 Å². The van der Waals surface area contributed by atoms with Gasteiger partial charge in [0, 0.05) is 11.3 Å². The minimum Gasteiger partial charge on any atom is -0.507 e. The topological polar surface area (TPSA) is 49.7 Å². The van der Waals surface area contributed by atoms with E-state index in [-0.39, 0.29) is 11.7 Å². The number of phenols is 1. The van der Waals surface area contributed by atoms with Crippen LogP contribution in [0.2, 0.25) is 0 Å². The predicted molar refractivity (Wildman–Crippen MR) is 38.4 cm³/mol. The van der Waals surface area contributed by atoms with Crippen molar-refractivity contribution in [3.8, 4) is 5.75 Å². The van der Waals surface area contributed by atoms with Gasteiger partial charge < -0.3 is 5.11 Å². The van der Waals surface area contributed by atoms with Crippen LogP contribution in [0, 0.1) is 0 Å². The summed E-state index contributed by atoms with van der Waals surface area (Å²) in [4.78, 5) is 14.4. The molecule has 0 saturated carbocycles. The summed E-state index contributed by atoms with van der Waals surface area (Å²) in [6.45, 7) is 0. The highest BCUT2D eigenvalue weighted by atomic mass is 16.3. The zero-order chi connectivity index (χ0) is 7.84. The first-order chi connectivity index (χ1) is 5.27. The van der Waals surface area contributed by atoms with Crippen molar-refractivity contribution in [2.24, 2.45) is 4.99 Å². The number of carbonyl (C=O) groups is 1. The molecule has 54 valence electrons. The summed E-state index contributed by atoms with van der Waals surface area (Å²) in [6, 6.07) is 4.88. The fourth-order valence-corrected chi connectivity index (χ4v) is 1.06. The summed E-state index contributed by atoms with van der Waals surface area (Å²) in [5.74, 6) is -0.196. The molecule has 0 unspecified atom stereocenters. The summed E-state index contributed by atoms with van der Waals surface area (Å²) >= 11 is 0. The fraction of sp³-hybridized carbons (Fsp3) is 0. The standard InChI is InChI=1S/C8H5NO2/c10-7-3-1-2-6-5(7)4-8(11)9-6/h1-4,10H. The molecule has 1 N–H and O–H groups in total. The Kier molecular flexibility index (Phi) is 1.06. The van der Waals surface area contributed by atoms with Gasteiger partial charge in [-0.3, -0.25) is 4.79 Å². The highest BCUT2D eigenvalue weighted by molar-refractivity contribution is 6.06. The Hall–Kier alpha value is -1.64. The van der Waals surface area contributed by atoms with Gasteiger partial charge in [0.2, 0.25) is 0 Å². The van der Waals surface area contributed by atoms with Crippen LogP contribution in [0.25, 0.3) is 6.08 Å². The number of rotatable bonds is 0. The highest BCUT2D eigenvalue weighted by Gasteiger charge is 2.04. The molecule has 0 atom stereocenters. The van der Waals surface area contributed by atoms with Crippen molar-refractivity contribution in [1.29, 1.82) is 0 Å². The molecule has 0 bridgehead atoms. The highest BCUT2D eigenvalue weighted by Crippen LogP contribution is 1.97. The van der Waals surface area contributed by atoms with Crippen molar-refractivity contribution >= 4 is 12.0 Å². The number of hydrogen-bond acceptors (Lipinski definition) is 2. The van der Waals surface area contributed by atoms with Crippen molar-refractivity contribution in [3.05, 3.63) is 28.8 Å². The Morgan fingerprint density at radius 3 is 2.91 bits per heavy atom. The molecule has 1 heterocycles. The molecular weight excluding hydrogens is 142 g/mol. The second-order valence-electron chi connectivity index (χ2n) is 2.30. The van der Waals surface area contributed by atoms with Crippen molar-refractivity contribution in [2.45, 2.75) is 0 Å². The minimum absolute atomic E-state index is 0.108. The molecule has 0 fully saturated rings. The lowest BCUT2D eigenvalue weighted by Gasteiger charge is -1.86. The smallest absolute Gasteiger partial charge is 0.271 e. The molecule has 1 aliphatic rings. The zero-order valence-electron chi connectivity index (χ0n) is 5.61. The van der Waals surface area contributed by atoms with Gasteiger partial charge in [-0.15, -0.1) is 0 Å². The number of fused-ring (bicyclic) bond motifs is 1. The number of amides is 1. The molecule has 1 aliphatic heterocycles. The molecule has 2 rings (SSSR count). The van der Waals surface area contributed by atoms with Crippen LogP contribution in [0.1, 0.15) is 0 Å². The van der Waals surface area contributed by atoms with E-state index in [4.69, 9.17) is 0 Å². The molecule has 0 saturated heterocycles. The van der Waals surface area contributed by atoms with Gasteiger partial charge in [-0.2, -0.15) is 0 Å². The lowest BCUT2D eigenvalue weighted by molar-refractivity contribution is -0.112. The van der Waals surface area contributed by atoms with Crippen LogP contribution in [0.4, 0.5) is 0 Å². The first-order valence-corrected chi connectivity index (χ1v) is 3.20. The zero-order valence-corrected chi connectivity index (χ0v) is 5.61. The number of nitrogens with zero attached hydrogens (tertiary/aromatic N) is 1. The van der Waals surface area contributed by atoms with E-state index in [2.05, 4.69) is 4.99 Å². The summed E-state index contributed by atoms with van der Waals surface area (Å²) in [5.41, 5.74) is 0. The summed E-state index contributed by atoms with van der Waals surface area (Å²) in [6.07, 6.45) is 1.32. The number of aromatic hydroxyl groups is 1. The van der Waals surface area contributed by atoms with Gasteiger partial charge in [0.15, 0.2) is 0 Å². The fourth-order valence-electron chi connectivity index (χ4n) is 1.06. The molecule has 1 aromatic rings. The number of hydrogen-bond donors (Lipinski definition) is 1. The van der Waals surface area contributed by atoms with Crippen molar-refractivity contribution in [2.75, 3.05) is 0 Å². The van der Waals surface area contributed by atoms with Crippen LogP contribution < -0.4 is 10.6 Å². The Morgan fingerprint density at radius 1 is 1.36 bits per heavy atom. The van der Waals surface area contributed by atoms with E-state index in [1.807, 2.05) is 0 Å². The second-order valence-corrected chi connectivity index (χ2v) is 2.30. The van der Waals surface area contributed by atoms with E-state index in [9.17, 15) is 9.90 Å². The van der Waals surface area contributed by atoms with Crippen LogP contribution >= 0.6 is 0 Å². The van der Waals surface area contributed by atoms with E-state index in [1.54, 1.807) is 12.1 Å². The van der Waals surface area contributed by atoms with E-state index >= 15 is 0 Å². The first kappa shape index (κ1) is 6.09. The quantitative estimate of drug-likeness (QED) is 0.529. The molecular formula is C8H5NO2. The summed E-state index contributed by atoms with van der Waals surface area (Å²) in [7, 11) is 0. The van der Waals surface area contributed by atoms with Crippen LogP contribution in [0.5, 0.6) is 5.75 Å². The molecule has 3 nitrogen and oxygen atoms in total. The molecule has 0 aromatic heterocycles. The van der Waals surface area contributed by atoms with Gasteiger partial charge in [0.25, 0.3) is 5.91 Å².